The van der Waals surface area contributed by atoms with E-state index >= 15 is 0 Å². The van der Waals surface area contributed by atoms with Gasteiger partial charge in [-0.05, 0) is 44.5 Å². The summed E-state index contributed by atoms with van der Waals surface area (Å²) in [7, 11) is 0. The van der Waals surface area contributed by atoms with Crippen LogP contribution in [0.25, 0.3) is 0 Å². The summed E-state index contributed by atoms with van der Waals surface area (Å²) in [5.74, 6) is -0.485. The maximum atomic E-state index is 11.3. The summed E-state index contributed by atoms with van der Waals surface area (Å²) in [6.07, 6.45) is 1.58. The van der Waals surface area contributed by atoms with E-state index in [2.05, 4.69) is 20.8 Å². The Morgan fingerprint density at radius 3 is 2.95 bits per heavy atom. The Morgan fingerprint density at radius 1 is 1.53 bits per heavy atom. The lowest BCUT2D eigenvalue weighted by Crippen LogP contribution is -2.45. The summed E-state index contributed by atoms with van der Waals surface area (Å²) in [4.78, 5) is 13.4. The molecule has 1 aromatic rings. The lowest BCUT2D eigenvalue weighted by molar-refractivity contribution is -0.151. The van der Waals surface area contributed by atoms with Crippen molar-refractivity contribution in [2.45, 2.75) is 26.3 Å². The molecule has 1 aromatic carbocycles. The van der Waals surface area contributed by atoms with Crippen LogP contribution >= 0.6 is 15.9 Å². The van der Waals surface area contributed by atoms with Gasteiger partial charge in [-0.25, -0.2) is 0 Å². The fraction of sp³-hybridized carbons (Fsp3) is 0.500. The van der Waals surface area contributed by atoms with Gasteiger partial charge in [0, 0.05) is 23.1 Å². The number of benzene rings is 1. The third-order valence-electron chi connectivity index (χ3n) is 3.73. The minimum absolute atomic E-state index is 0.255. The number of carboxylic acids is 1. The molecule has 1 aliphatic rings. The predicted octanol–water partition coefficient (Wildman–Crippen LogP) is 2.84. The monoisotopic (exact) mass is 327 g/mol. The Morgan fingerprint density at radius 2 is 2.26 bits per heavy atom. The summed E-state index contributed by atoms with van der Waals surface area (Å²) < 4.78 is 0.915. The maximum Gasteiger partial charge on any atom is 0.310 e. The number of aliphatic carboxylic acids is 1. The molecule has 4 nitrogen and oxygen atoms in total. The van der Waals surface area contributed by atoms with Crippen LogP contribution in [0.15, 0.2) is 22.7 Å². The number of nitrogens with zero attached hydrogens (tertiary/aromatic N) is 1. The van der Waals surface area contributed by atoms with E-state index in [1.165, 1.54) is 0 Å². The average Bonchev–Trinajstić information content (AvgIpc) is 2.34. The highest BCUT2D eigenvalue weighted by atomic mass is 79.9. The molecular weight excluding hydrogens is 310 g/mol. The van der Waals surface area contributed by atoms with Crippen molar-refractivity contribution in [1.29, 1.82) is 0 Å². The first kappa shape index (κ1) is 14.3. The van der Waals surface area contributed by atoms with Crippen molar-refractivity contribution in [2.75, 3.05) is 13.1 Å². The van der Waals surface area contributed by atoms with Crippen molar-refractivity contribution in [3.63, 3.8) is 0 Å². The Hall–Kier alpha value is -1.07. The fourth-order valence-electron chi connectivity index (χ4n) is 2.58. The van der Waals surface area contributed by atoms with E-state index in [1.807, 2.05) is 6.07 Å². The molecule has 0 bridgehead atoms. The second-order valence-corrected chi connectivity index (χ2v) is 6.37. The molecule has 0 amide bonds. The molecule has 1 atom stereocenters. The van der Waals surface area contributed by atoms with Crippen LogP contribution in [-0.4, -0.2) is 34.2 Å². The number of phenols is 1. The van der Waals surface area contributed by atoms with Crippen molar-refractivity contribution in [3.8, 4) is 5.75 Å². The third-order valence-corrected chi connectivity index (χ3v) is 4.22. The van der Waals surface area contributed by atoms with Crippen LogP contribution in [0.1, 0.15) is 25.3 Å². The van der Waals surface area contributed by atoms with E-state index in [0.717, 1.165) is 23.0 Å². The molecule has 1 fully saturated rings. The minimum atomic E-state index is -0.740. The molecule has 0 saturated carbocycles. The molecule has 0 radical (unpaired) electrons. The van der Waals surface area contributed by atoms with Gasteiger partial charge in [-0.2, -0.15) is 0 Å². The van der Waals surface area contributed by atoms with Crippen molar-refractivity contribution in [3.05, 3.63) is 28.2 Å². The number of rotatable bonds is 3. The predicted molar refractivity (Wildman–Crippen MR) is 76.1 cm³/mol. The zero-order chi connectivity index (χ0) is 14.0. The molecule has 1 aliphatic heterocycles. The highest BCUT2D eigenvalue weighted by Crippen LogP contribution is 2.32. The number of phenolic OH excluding ortho intramolecular Hbond substituents is 1. The Balaban J connectivity index is 2.11. The zero-order valence-corrected chi connectivity index (χ0v) is 12.5. The number of aromatic hydroxyl groups is 1. The van der Waals surface area contributed by atoms with Gasteiger partial charge in [-0.1, -0.05) is 15.9 Å². The number of halogens is 1. The van der Waals surface area contributed by atoms with E-state index in [0.29, 0.717) is 19.5 Å². The quantitative estimate of drug-likeness (QED) is 0.896. The molecular formula is C14H18BrNO3. The molecule has 19 heavy (non-hydrogen) atoms. The molecule has 2 N–H and O–H groups in total. The second-order valence-electron chi connectivity index (χ2n) is 5.45. The van der Waals surface area contributed by atoms with Crippen molar-refractivity contribution in [2.24, 2.45) is 5.41 Å². The van der Waals surface area contributed by atoms with Gasteiger partial charge in [-0.3, -0.25) is 9.69 Å². The molecule has 5 heteroatoms. The Kier molecular flexibility index (Phi) is 4.16. The van der Waals surface area contributed by atoms with Crippen molar-refractivity contribution in [1.82, 2.24) is 4.90 Å². The first-order valence-electron chi connectivity index (χ1n) is 6.34. The number of likely N-dealkylation sites (tertiary alicyclic amines) is 1. The number of hydrogen-bond acceptors (Lipinski definition) is 3. The van der Waals surface area contributed by atoms with Gasteiger partial charge in [0.1, 0.15) is 5.75 Å². The Bertz CT molecular complexity index is 492. The van der Waals surface area contributed by atoms with Crippen LogP contribution < -0.4 is 0 Å². The van der Waals surface area contributed by atoms with Crippen LogP contribution in [0.5, 0.6) is 5.75 Å². The number of carbonyl (C=O) groups is 1. The standard InChI is InChI=1S/C14H18BrNO3/c1-14(13(18)19)5-2-6-16(9-14)8-10-7-11(15)3-4-12(10)17/h3-4,7,17H,2,5-6,8-9H2,1H3,(H,18,19). The van der Waals surface area contributed by atoms with E-state index in [9.17, 15) is 15.0 Å². The highest BCUT2D eigenvalue weighted by Gasteiger charge is 2.37. The molecule has 0 spiro atoms. The zero-order valence-electron chi connectivity index (χ0n) is 10.9. The normalized spacial score (nSPS) is 24.3. The first-order chi connectivity index (χ1) is 8.90. The second kappa shape index (κ2) is 5.51. The largest absolute Gasteiger partial charge is 0.508 e. The molecule has 1 saturated heterocycles. The Labute approximate surface area is 121 Å². The highest BCUT2D eigenvalue weighted by molar-refractivity contribution is 9.10. The van der Waals surface area contributed by atoms with Crippen LogP contribution in [0, 0.1) is 5.41 Å². The summed E-state index contributed by atoms with van der Waals surface area (Å²) in [6, 6.07) is 5.32. The van der Waals surface area contributed by atoms with Gasteiger partial charge in [0.25, 0.3) is 0 Å². The lowest BCUT2D eigenvalue weighted by atomic mass is 9.82. The van der Waals surface area contributed by atoms with Gasteiger partial charge in [0.2, 0.25) is 0 Å². The molecule has 1 heterocycles. The van der Waals surface area contributed by atoms with Crippen molar-refractivity contribution >= 4 is 21.9 Å². The summed E-state index contributed by atoms with van der Waals surface area (Å²) in [5, 5.41) is 19.1. The molecule has 104 valence electrons. The average molecular weight is 328 g/mol. The molecule has 1 unspecified atom stereocenters. The lowest BCUT2D eigenvalue weighted by Gasteiger charge is -2.37. The number of piperidine rings is 1. The molecule has 0 aromatic heterocycles. The number of hydrogen-bond donors (Lipinski definition) is 2. The van der Waals surface area contributed by atoms with E-state index < -0.39 is 11.4 Å². The number of carboxylic acid groups (broad SMARTS) is 1. The van der Waals surface area contributed by atoms with Crippen molar-refractivity contribution < 1.29 is 15.0 Å². The van der Waals surface area contributed by atoms with Gasteiger partial charge >= 0.3 is 5.97 Å². The van der Waals surface area contributed by atoms with Gasteiger partial charge in [0.15, 0.2) is 0 Å². The van der Waals surface area contributed by atoms with Crippen LogP contribution in [-0.2, 0) is 11.3 Å². The van der Waals surface area contributed by atoms with E-state index in [1.54, 1.807) is 19.1 Å². The summed E-state index contributed by atoms with van der Waals surface area (Å²) in [5.41, 5.74) is 0.142. The van der Waals surface area contributed by atoms with Crippen LogP contribution in [0.4, 0.5) is 0 Å². The third kappa shape index (κ3) is 3.28. The molecule has 0 aliphatic carbocycles. The van der Waals surface area contributed by atoms with Gasteiger partial charge in [-0.15, -0.1) is 0 Å². The van der Waals surface area contributed by atoms with Gasteiger partial charge < -0.3 is 10.2 Å². The smallest absolute Gasteiger partial charge is 0.310 e. The first-order valence-corrected chi connectivity index (χ1v) is 7.13. The van der Waals surface area contributed by atoms with Crippen LogP contribution in [0.2, 0.25) is 0 Å². The maximum absolute atomic E-state index is 11.3. The summed E-state index contributed by atoms with van der Waals surface area (Å²) in [6.45, 7) is 3.76. The van der Waals surface area contributed by atoms with E-state index in [4.69, 9.17) is 0 Å². The SMILES string of the molecule is CC1(C(=O)O)CCCN(Cc2cc(Br)ccc2O)C1. The topological polar surface area (TPSA) is 60.8 Å². The van der Waals surface area contributed by atoms with Crippen LogP contribution in [0.3, 0.4) is 0 Å². The minimum Gasteiger partial charge on any atom is -0.508 e. The van der Waals surface area contributed by atoms with Gasteiger partial charge in [0.05, 0.1) is 5.41 Å². The summed E-state index contributed by atoms with van der Waals surface area (Å²) >= 11 is 3.38. The fourth-order valence-corrected chi connectivity index (χ4v) is 2.98. The van der Waals surface area contributed by atoms with E-state index in [-0.39, 0.29) is 5.75 Å². The molecule has 2 rings (SSSR count).